The molecule has 3 N–H and O–H groups in total. The van der Waals surface area contributed by atoms with Gasteiger partial charge in [-0.15, -0.1) is 0 Å². The van der Waals surface area contributed by atoms with Crippen molar-refractivity contribution in [2.75, 3.05) is 11.9 Å². The smallest absolute Gasteiger partial charge is 0.287 e. The van der Waals surface area contributed by atoms with E-state index < -0.39 is 6.04 Å². The maximum absolute atomic E-state index is 13.3. The van der Waals surface area contributed by atoms with Gasteiger partial charge in [-0.05, 0) is 38.1 Å². The van der Waals surface area contributed by atoms with Crippen LogP contribution in [0.3, 0.4) is 0 Å². The van der Waals surface area contributed by atoms with E-state index in [0.29, 0.717) is 23.1 Å². The summed E-state index contributed by atoms with van der Waals surface area (Å²) in [6.45, 7) is 4.54. The zero-order valence-electron chi connectivity index (χ0n) is 16.6. The first-order valence-electron chi connectivity index (χ1n) is 9.76. The van der Waals surface area contributed by atoms with Crippen LogP contribution in [-0.2, 0) is 4.79 Å². The van der Waals surface area contributed by atoms with Gasteiger partial charge >= 0.3 is 0 Å². The van der Waals surface area contributed by atoms with E-state index in [2.05, 4.69) is 17.6 Å². The van der Waals surface area contributed by atoms with Crippen LogP contribution < -0.4 is 15.4 Å². The SMILES string of the molecule is CCOc1ccccc1NC(=O)[C@@H]([NH2+][C@H](C)c1ccc(Cl)cc1)c1ccccc1. The number of quaternary nitrogens is 1. The fourth-order valence-corrected chi connectivity index (χ4v) is 3.36. The van der Waals surface area contributed by atoms with Crippen molar-refractivity contribution in [3.8, 4) is 5.75 Å². The Labute approximate surface area is 176 Å². The predicted molar refractivity (Wildman–Crippen MR) is 117 cm³/mol. The van der Waals surface area contributed by atoms with Crippen LogP contribution in [0, 0.1) is 0 Å². The van der Waals surface area contributed by atoms with Gasteiger partial charge in [-0.25, -0.2) is 0 Å². The Morgan fingerprint density at radius 2 is 1.62 bits per heavy atom. The lowest BCUT2D eigenvalue weighted by Gasteiger charge is -2.21. The molecule has 4 nitrogen and oxygen atoms in total. The summed E-state index contributed by atoms with van der Waals surface area (Å²) in [5.41, 5.74) is 2.73. The van der Waals surface area contributed by atoms with Crippen LogP contribution in [0.15, 0.2) is 78.9 Å². The van der Waals surface area contributed by atoms with Crippen LogP contribution >= 0.6 is 11.6 Å². The third kappa shape index (κ3) is 5.59. The summed E-state index contributed by atoms with van der Waals surface area (Å²) in [5.74, 6) is 0.574. The van der Waals surface area contributed by atoms with Crippen LogP contribution in [-0.4, -0.2) is 12.5 Å². The van der Waals surface area contributed by atoms with Gasteiger partial charge in [0.15, 0.2) is 6.04 Å². The molecule has 0 bridgehead atoms. The van der Waals surface area contributed by atoms with E-state index >= 15 is 0 Å². The molecule has 0 aliphatic rings. The van der Waals surface area contributed by atoms with Crippen LogP contribution in [0.4, 0.5) is 5.69 Å². The Balaban J connectivity index is 1.84. The minimum absolute atomic E-state index is 0.0744. The molecule has 2 atom stereocenters. The third-order valence-electron chi connectivity index (χ3n) is 4.76. The van der Waals surface area contributed by atoms with E-state index in [0.717, 1.165) is 11.1 Å². The third-order valence-corrected chi connectivity index (χ3v) is 5.01. The van der Waals surface area contributed by atoms with E-state index in [1.807, 2.05) is 85.8 Å². The van der Waals surface area contributed by atoms with E-state index in [1.54, 1.807) is 0 Å². The van der Waals surface area contributed by atoms with Crippen molar-refractivity contribution in [2.24, 2.45) is 0 Å². The molecule has 1 amide bonds. The second kappa shape index (κ2) is 10.1. The van der Waals surface area contributed by atoms with Gasteiger partial charge in [0.05, 0.1) is 12.3 Å². The lowest BCUT2D eigenvalue weighted by Crippen LogP contribution is -2.87. The topological polar surface area (TPSA) is 54.9 Å². The highest BCUT2D eigenvalue weighted by molar-refractivity contribution is 6.30. The zero-order chi connectivity index (χ0) is 20.6. The summed E-state index contributed by atoms with van der Waals surface area (Å²) in [6.07, 6.45) is 0. The number of rotatable bonds is 8. The molecule has 0 spiro atoms. The van der Waals surface area contributed by atoms with E-state index in [-0.39, 0.29) is 11.9 Å². The van der Waals surface area contributed by atoms with Crippen molar-refractivity contribution >= 4 is 23.2 Å². The van der Waals surface area contributed by atoms with E-state index in [4.69, 9.17) is 16.3 Å². The highest BCUT2D eigenvalue weighted by Crippen LogP contribution is 2.25. The minimum Gasteiger partial charge on any atom is -0.492 e. The molecular weight excluding hydrogens is 384 g/mol. The highest BCUT2D eigenvalue weighted by Gasteiger charge is 2.27. The van der Waals surface area contributed by atoms with Gasteiger partial charge in [0.25, 0.3) is 5.91 Å². The summed E-state index contributed by atoms with van der Waals surface area (Å²) in [7, 11) is 0. The van der Waals surface area contributed by atoms with Gasteiger partial charge < -0.3 is 15.4 Å². The summed E-state index contributed by atoms with van der Waals surface area (Å²) in [4.78, 5) is 13.3. The molecule has 0 fully saturated rings. The molecule has 0 heterocycles. The lowest BCUT2D eigenvalue weighted by atomic mass is 10.0. The Bertz CT molecular complexity index is 929. The number of hydrogen-bond donors (Lipinski definition) is 2. The largest absolute Gasteiger partial charge is 0.492 e. The number of halogens is 1. The van der Waals surface area contributed by atoms with Crippen molar-refractivity contribution in [1.82, 2.24) is 0 Å². The zero-order valence-corrected chi connectivity index (χ0v) is 17.4. The number of carbonyl (C=O) groups is 1. The van der Waals surface area contributed by atoms with Crippen LogP contribution in [0.1, 0.15) is 37.1 Å². The van der Waals surface area contributed by atoms with Crippen molar-refractivity contribution in [2.45, 2.75) is 25.9 Å². The molecule has 0 radical (unpaired) electrons. The van der Waals surface area contributed by atoms with Gasteiger partial charge in [-0.3, -0.25) is 4.79 Å². The molecule has 0 saturated carbocycles. The van der Waals surface area contributed by atoms with E-state index in [9.17, 15) is 4.79 Å². The number of para-hydroxylation sites is 2. The molecule has 5 heteroatoms. The Hall–Kier alpha value is -2.82. The number of benzene rings is 3. The first-order valence-corrected chi connectivity index (χ1v) is 10.1. The molecular formula is C24H26ClN2O2+. The Morgan fingerprint density at radius 3 is 2.31 bits per heavy atom. The number of ether oxygens (including phenoxy) is 1. The van der Waals surface area contributed by atoms with Gasteiger partial charge in [0, 0.05) is 16.1 Å². The highest BCUT2D eigenvalue weighted by atomic mass is 35.5. The van der Waals surface area contributed by atoms with Gasteiger partial charge in [0.2, 0.25) is 0 Å². The molecule has 0 aliphatic carbocycles. The maximum atomic E-state index is 13.3. The molecule has 0 saturated heterocycles. The molecule has 0 aliphatic heterocycles. The van der Waals surface area contributed by atoms with Crippen molar-refractivity contribution in [3.05, 3.63) is 95.0 Å². The summed E-state index contributed by atoms with van der Waals surface area (Å²) < 4.78 is 5.65. The first kappa shape index (κ1) is 20.9. The van der Waals surface area contributed by atoms with Crippen molar-refractivity contribution in [3.63, 3.8) is 0 Å². The fraction of sp³-hybridized carbons (Fsp3) is 0.208. The molecule has 29 heavy (non-hydrogen) atoms. The number of hydrogen-bond acceptors (Lipinski definition) is 2. The minimum atomic E-state index is -0.406. The molecule has 3 aromatic carbocycles. The molecule has 0 unspecified atom stereocenters. The number of anilines is 1. The van der Waals surface area contributed by atoms with Crippen molar-refractivity contribution in [1.29, 1.82) is 0 Å². The van der Waals surface area contributed by atoms with Gasteiger partial charge in [-0.2, -0.15) is 0 Å². The van der Waals surface area contributed by atoms with Crippen molar-refractivity contribution < 1.29 is 14.8 Å². The average molecular weight is 410 g/mol. The Kier molecular flexibility index (Phi) is 7.28. The van der Waals surface area contributed by atoms with Gasteiger partial charge in [-0.1, -0.05) is 66.2 Å². The number of nitrogens with two attached hydrogens (primary N) is 1. The summed E-state index contributed by atoms with van der Waals surface area (Å²) in [6, 6.07) is 24.7. The number of carbonyl (C=O) groups excluding carboxylic acids is 1. The number of amides is 1. The number of nitrogens with one attached hydrogen (secondary N) is 1. The normalized spacial score (nSPS) is 12.8. The lowest BCUT2D eigenvalue weighted by molar-refractivity contribution is -0.718. The molecule has 3 aromatic rings. The van der Waals surface area contributed by atoms with E-state index in [1.165, 1.54) is 0 Å². The van der Waals surface area contributed by atoms with Crippen LogP contribution in [0.2, 0.25) is 5.02 Å². The standard InChI is InChI=1S/C24H25ClN2O2/c1-3-29-22-12-8-7-11-21(22)27-24(28)23(19-9-5-4-6-10-19)26-17(2)18-13-15-20(25)16-14-18/h4-17,23,26H,3H2,1-2H3,(H,27,28)/p+1/t17-,23+/m1/s1. The second-order valence-corrected chi connectivity index (χ2v) is 7.28. The predicted octanol–water partition coefficient (Wildman–Crippen LogP) is 4.74. The average Bonchev–Trinajstić information content (AvgIpc) is 2.74. The fourth-order valence-electron chi connectivity index (χ4n) is 3.24. The van der Waals surface area contributed by atoms with Crippen LogP contribution in [0.25, 0.3) is 0 Å². The van der Waals surface area contributed by atoms with Crippen LogP contribution in [0.5, 0.6) is 5.75 Å². The first-order chi connectivity index (χ1) is 14.1. The summed E-state index contributed by atoms with van der Waals surface area (Å²) >= 11 is 6.01. The quantitative estimate of drug-likeness (QED) is 0.564. The monoisotopic (exact) mass is 409 g/mol. The maximum Gasteiger partial charge on any atom is 0.287 e. The second-order valence-electron chi connectivity index (χ2n) is 6.84. The van der Waals surface area contributed by atoms with Gasteiger partial charge in [0.1, 0.15) is 11.8 Å². The molecule has 3 rings (SSSR count). The molecule has 0 aromatic heterocycles. The summed E-state index contributed by atoms with van der Waals surface area (Å²) in [5, 5.41) is 5.81. The molecule has 150 valence electrons. The Morgan fingerprint density at radius 1 is 0.966 bits per heavy atom.